The molecule has 1 amide bonds. The molecule has 8 nitrogen and oxygen atoms in total. The fourth-order valence-electron chi connectivity index (χ4n) is 3.54. The van der Waals surface area contributed by atoms with Gasteiger partial charge in [0.05, 0.1) is 19.8 Å². The summed E-state index contributed by atoms with van der Waals surface area (Å²) in [6, 6.07) is 6.59. The van der Waals surface area contributed by atoms with E-state index in [9.17, 15) is 14.4 Å². The van der Waals surface area contributed by atoms with Gasteiger partial charge in [0, 0.05) is 18.3 Å². The minimum atomic E-state index is -1.79. The first-order chi connectivity index (χ1) is 12.3. The zero-order chi connectivity index (χ0) is 19.2. The summed E-state index contributed by atoms with van der Waals surface area (Å²) < 4.78 is 15.3. The molecule has 1 aromatic rings. The Labute approximate surface area is 149 Å². The van der Waals surface area contributed by atoms with Gasteiger partial charge in [-0.25, -0.2) is 9.59 Å². The number of rotatable bonds is 2. The lowest BCUT2D eigenvalue weighted by atomic mass is 9.67. The summed E-state index contributed by atoms with van der Waals surface area (Å²) in [5.74, 6) is -2.15. The zero-order valence-corrected chi connectivity index (χ0v) is 14.8. The fraction of sp³-hybridized carbons (Fsp3) is 0.278. The van der Waals surface area contributed by atoms with Crippen molar-refractivity contribution in [2.75, 3.05) is 21.3 Å². The molecule has 0 saturated heterocycles. The van der Waals surface area contributed by atoms with Crippen molar-refractivity contribution >= 4 is 17.8 Å². The van der Waals surface area contributed by atoms with Crippen LogP contribution in [0.15, 0.2) is 47.0 Å². The van der Waals surface area contributed by atoms with E-state index in [-0.39, 0.29) is 22.8 Å². The maximum absolute atomic E-state index is 13.4. The van der Waals surface area contributed by atoms with E-state index in [1.807, 2.05) is 0 Å². The molecule has 2 heterocycles. The molecule has 0 fully saturated rings. The normalized spacial score (nSPS) is 21.7. The molecule has 26 heavy (non-hydrogen) atoms. The minimum absolute atomic E-state index is 0.00611. The van der Waals surface area contributed by atoms with Crippen molar-refractivity contribution in [1.82, 2.24) is 4.90 Å². The van der Waals surface area contributed by atoms with Crippen LogP contribution in [0.25, 0.3) is 0 Å². The third-order valence-corrected chi connectivity index (χ3v) is 4.78. The van der Waals surface area contributed by atoms with Gasteiger partial charge in [-0.1, -0.05) is 18.2 Å². The van der Waals surface area contributed by atoms with Crippen LogP contribution >= 0.6 is 0 Å². The van der Waals surface area contributed by atoms with Crippen LogP contribution < -0.4 is 10.5 Å². The number of carbonyl (C=O) groups is 3. The highest BCUT2D eigenvalue weighted by molar-refractivity contribution is 6.17. The predicted molar refractivity (Wildman–Crippen MR) is 89.5 cm³/mol. The number of nitrogens with zero attached hydrogens (tertiary/aromatic N) is 1. The number of fused-ring (bicyclic) bond motifs is 2. The molecule has 0 aromatic heterocycles. The maximum Gasteiger partial charge on any atom is 0.340 e. The molecule has 8 heteroatoms. The van der Waals surface area contributed by atoms with E-state index in [4.69, 9.17) is 19.9 Å². The molecule has 1 atom stereocenters. The average Bonchev–Trinajstić information content (AvgIpc) is 2.83. The van der Waals surface area contributed by atoms with Crippen molar-refractivity contribution in [2.24, 2.45) is 5.73 Å². The first-order valence-corrected chi connectivity index (χ1v) is 7.76. The molecule has 1 unspecified atom stereocenters. The second-order valence-electron chi connectivity index (χ2n) is 5.90. The summed E-state index contributed by atoms with van der Waals surface area (Å²) in [6.45, 7) is 1.60. The Balaban J connectivity index is 2.49. The van der Waals surface area contributed by atoms with Gasteiger partial charge in [0.15, 0.2) is 0 Å². The topological polar surface area (TPSA) is 108 Å². The number of amides is 1. The van der Waals surface area contributed by atoms with Gasteiger partial charge in [0.2, 0.25) is 11.8 Å². The number of ether oxygens (including phenoxy) is 3. The number of nitrogens with two attached hydrogens (primary N) is 1. The van der Waals surface area contributed by atoms with Crippen LogP contribution in [0.5, 0.6) is 5.75 Å². The van der Waals surface area contributed by atoms with Crippen molar-refractivity contribution in [3.63, 3.8) is 0 Å². The molecule has 0 bridgehead atoms. The number of esters is 2. The van der Waals surface area contributed by atoms with Gasteiger partial charge in [-0.05, 0) is 13.0 Å². The van der Waals surface area contributed by atoms with Crippen molar-refractivity contribution in [2.45, 2.75) is 12.3 Å². The summed E-state index contributed by atoms with van der Waals surface area (Å²) in [7, 11) is 3.88. The molecule has 3 rings (SSSR count). The number of likely N-dealkylation sites (N-methyl/N-ethyl adjacent to an activating group) is 1. The zero-order valence-electron chi connectivity index (χ0n) is 14.8. The van der Waals surface area contributed by atoms with Gasteiger partial charge in [-0.3, -0.25) is 4.79 Å². The van der Waals surface area contributed by atoms with E-state index in [2.05, 4.69) is 0 Å². The Morgan fingerprint density at radius 2 is 1.69 bits per heavy atom. The average molecular weight is 358 g/mol. The van der Waals surface area contributed by atoms with Crippen LogP contribution in [0, 0.1) is 0 Å². The number of hydrogen-bond acceptors (Lipinski definition) is 7. The molecule has 136 valence electrons. The Morgan fingerprint density at radius 1 is 1.12 bits per heavy atom. The quantitative estimate of drug-likeness (QED) is 0.770. The van der Waals surface area contributed by atoms with Crippen molar-refractivity contribution in [1.29, 1.82) is 0 Å². The SMILES string of the molecule is COC(=O)C1=C(N)Oc2ccccc2C12C(=O)N(C)C(C)=C2C(=O)OC. The number of para-hydroxylation sites is 1. The van der Waals surface area contributed by atoms with E-state index in [1.165, 1.54) is 19.1 Å². The maximum atomic E-state index is 13.4. The molecular formula is C18H18N2O6. The lowest BCUT2D eigenvalue weighted by Gasteiger charge is -2.36. The van der Waals surface area contributed by atoms with Crippen LogP contribution in [0.2, 0.25) is 0 Å². The minimum Gasteiger partial charge on any atom is -0.466 e. The van der Waals surface area contributed by atoms with Gasteiger partial charge >= 0.3 is 11.9 Å². The highest BCUT2D eigenvalue weighted by Crippen LogP contribution is 2.53. The Hall–Kier alpha value is -3.29. The number of benzene rings is 1. The lowest BCUT2D eigenvalue weighted by molar-refractivity contribution is -0.141. The molecule has 0 radical (unpaired) electrons. The molecule has 1 aromatic carbocycles. The van der Waals surface area contributed by atoms with Gasteiger partial charge < -0.3 is 24.8 Å². The van der Waals surface area contributed by atoms with E-state index < -0.39 is 23.3 Å². The monoisotopic (exact) mass is 358 g/mol. The first-order valence-electron chi connectivity index (χ1n) is 7.76. The standard InChI is InChI=1S/C18H18N2O6/c1-9-12(15(21)24-3)18(17(23)20(9)2)10-7-5-6-8-11(10)26-14(19)13(18)16(22)25-4/h5-8H,19H2,1-4H3. The molecule has 2 aliphatic heterocycles. The third-order valence-electron chi connectivity index (χ3n) is 4.78. The van der Waals surface area contributed by atoms with Gasteiger partial charge in [-0.2, -0.15) is 0 Å². The van der Waals surface area contributed by atoms with E-state index in [1.54, 1.807) is 31.2 Å². The highest BCUT2D eigenvalue weighted by Gasteiger charge is 2.63. The summed E-state index contributed by atoms with van der Waals surface area (Å²) in [5.41, 5.74) is 4.64. The van der Waals surface area contributed by atoms with E-state index in [0.29, 0.717) is 11.3 Å². The largest absolute Gasteiger partial charge is 0.466 e. The Bertz CT molecular complexity index is 901. The van der Waals surface area contributed by atoms with Gasteiger partial charge in [0.1, 0.15) is 16.7 Å². The van der Waals surface area contributed by atoms with Crippen LogP contribution in [-0.4, -0.2) is 44.0 Å². The highest BCUT2D eigenvalue weighted by atomic mass is 16.5. The Kier molecular flexibility index (Phi) is 3.98. The second kappa shape index (κ2) is 5.91. The number of hydrogen-bond donors (Lipinski definition) is 1. The molecule has 0 aliphatic carbocycles. The number of carbonyl (C=O) groups excluding carboxylic acids is 3. The number of allylic oxidation sites excluding steroid dienone is 1. The lowest BCUT2D eigenvalue weighted by Crippen LogP contribution is -2.49. The van der Waals surface area contributed by atoms with Crippen LogP contribution in [-0.2, 0) is 29.3 Å². The smallest absolute Gasteiger partial charge is 0.340 e. The van der Waals surface area contributed by atoms with Gasteiger partial charge in [0.25, 0.3) is 0 Å². The van der Waals surface area contributed by atoms with E-state index in [0.717, 1.165) is 7.11 Å². The summed E-state index contributed by atoms with van der Waals surface area (Å²) in [5, 5.41) is 0. The summed E-state index contributed by atoms with van der Waals surface area (Å²) in [4.78, 5) is 39.9. The van der Waals surface area contributed by atoms with Crippen LogP contribution in [0.4, 0.5) is 0 Å². The van der Waals surface area contributed by atoms with Crippen molar-refractivity contribution < 1.29 is 28.6 Å². The molecule has 0 saturated carbocycles. The fourth-order valence-corrected chi connectivity index (χ4v) is 3.54. The van der Waals surface area contributed by atoms with Crippen LogP contribution in [0.3, 0.4) is 0 Å². The predicted octanol–water partition coefficient (Wildman–Crippen LogP) is 0.579. The Morgan fingerprint density at radius 3 is 2.31 bits per heavy atom. The first kappa shape index (κ1) is 17.5. The van der Waals surface area contributed by atoms with Crippen molar-refractivity contribution in [3.8, 4) is 5.75 Å². The summed E-state index contributed by atoms with van der Waals surface area (Å²) >= 11 is 0. The second-order valence-corrected chi connectivity index (χ2v) is 5.90. The molecule has 2 N–H and O–H groups in total. The van der Waals surface area contributed by atoms with Gasteiger partial charge in [-0.15, -0.1) is 0 Å². The molecule has 1 spiro atoms. The molecular weight excluding hydrogens is 340 g/mol. The third kappa shape index (κ3) is 1.98. The van der Waals surface area contributed by atoms with E-state index >= 15 is 0 Å². The van der Waals surface area contributed by atoms with Crippen molar-refractivity contribution in [3.05, 3.63) is 52.6 Å². The summed E-state index contributed by atoms with van der Waals surface area (Å²) in [6.07, 6.45) is 0. The number of methoxy groups -OCH3 is 2. The molecule has 2 aliphatic rings. The van der Waals surface area contributed by atoms with Crippen LogP contribution in [0.1, 0.15) is 12.5 Å².